The van der Waals surface area contributed by atoms with Crippen LogP contribution in [0.1, 0.15) is 10.4 Å². The van der Waals surface area contributed by atoms with Gasteiger partial charge in [-0.1, -0.05) is 15.9 Å². The lowest BCUT2D eigenvalue weighted by Gasteiger charge is -2.04. The number of hydrogen-bond acceptors (Lipinski definition) is 3. The zero-order chi connectivity index (χ0) is 13.2. The Morgan fingerprint density at radius 3 is 2.74 bits per heavy atom. The smallest absolute Gasteiger partial charge is 0.343 e. The second kappa shape index (κ2) is 4.85. The quantitative estimate of drug-likeness (QED) is 0.581. The highest BCUT2D eigenvalue weighted by molar-refractivity contribution is 9.10. The highest BCUT2D eigenvalue weighted by Gasteiger charge is 2.09. The molecular weight excluding hydrogens is 308 g/mol. The van der Waals surface area contributed by atoms with Crippen molar-refractivity contribution >= 4 is 32.9 Å². The molecule has 3 rings (SSSR count). The van der Waals surface area contributed by atoms with Gasteiger partial charge in [-0.05, 0) is 36.4 Å². The van der Waals surface area contributed by atoms with Crippen LogP contribution in [-0.2, 0) is 0 Å². The van der Waals surface area contributed by atoms with Gasteiger partial charge >= 0.3 is 5.97 Å². The molecule has 0 spiro atoms. The zero-order valence-electron chi connectivity index (χ0n) is 9.76. The van der Waals surface area contributed by atoms with Crippen LogP contribution in [0, 0.1) is 0 Å². The van der Waals surface area contributed by atoms with Gasteiger partial charge in [0.25, 0.3) is 0 Å². The average Bonchev–Trinajstić information content (AvgIpc) is 2.87. The first kappa shape index (κ1) is 11.9. The van der Waals surface area contributed by atoms with Gasteiger partial charge in [0, 0.05) is 10.5 Å². The van der Waals surface area contributed by atoms with Crippen LogP contribution in [-0.4, -0.2) is 15.9 Å². The average molecular weight is 317 g/mol. The molecule has 3 aromatic rings. The number of benzene rings is 2. The number of nitrogens with zero attached hydrogens (tertiary/aromatic N) is 1. The first-order valence-electron chi connectivity index (χ1n) is 5.63. The van der Waals surface area contributed by atoms with Crippen LogP contribution in [0.15, 0.2) is 53.3 Å². The van der Waals surface area contributed by atoms with Gasteiger partial charge in [0.2, 0.25) is 0 Å². The fourth-order valence-electron chi connectivity index (χ4n) is 1.73. The Bertz CT molecular complexity index is 735. The number of H-pyrrole nitrogens is 1. The van der Waals surface area contributed by atoms with Gasteiger partial charge in [0.05, 0.1) is 22.9 Å². The van der Waals surface area contributed by atoms with Gasteiger partial charge < -0.3 is 9.72 Å². The lowest BCUT2D eigenvalue weighted by molar-refractivity contribution is 0.0735. The van der Waals surface area contributed by atoms with Gasteiger partial charge in [0.1, 0.15) is 5.75 Å². The predicted molar refractivity (Wildman–Crippen MR) is 75.2 cm³/mol. The minimum Gasteiger partial charge on any atom is -0.423 e. The van der Waals surface area contributed by atoms with Crippen molar-refractivity contribution < 1.29 is 9.53 Å². The summed E-state index contributed by atoms with van der Waals surface area (Å²) in [6.45, 7) is 0. The van der Waals surface area contributed by atoms with E-state index < -0.39 is 0 Å². The van der Waals surface area contributed by atoms with Gasteiger partial charge in [-0.15, -0.1) is 0 Å². The third-order valence-electron chi connectivity index (χ3n) is 2.68. The monoisotopic (exact) mass is 316 g/mol. The normalized spacial score (nSPS) is 10.6. The summed E-state index contributed by atoms with van der Waals surface area (Å²) in [4.78, 5) is 19.0. The summed E-state index contributed by atoms with van der Waals surface area (Å²) < 4.78 is 6.24. The number of fused-ring (bicyclic) bond motifs is 1. The van der Waals surface area contributed by atoms with E-state index in [0.717, 1.165) is 15.5 Å². The number of carbonyl (C=O) groups excluding carboxylic acids is 1. The minimum atomic E-state index is -0.383. The third kappa shape index (κ3) is 2.51. The molecular formula is C14H9BrN2O2. The van der Waals surface area contributed by atoms with E-state index >= 15 is 0 Å². The van der Waals surface area contributed by atoms with Crippen LogP contribution in [0.25, 0.3) is 11.0 Å². The van der Waals surface area contributed by atoms with Gasteiger partial charge in [-0.3, -0.25) is 0 Å². The van der Waals surface area contributed by atoms with E-state index in [4.69, 9.17) is 4.74 Å². The molecule has 19 heavy (non-hydrogen) atoms. The SMILES string of the molecule is O=C(Oc1ccc2nc[nH]c2c1)c1ccc(Br)cc1. The van der Waals surface area contributed by atoms with Crippen molar-refractivity contribution in [2.45, 2.75) is 0 Å². The maximum atomic E-state index is 11.9. The van der Waals surface area contributed by atoms with Crippen molar-refractivity contribution in [3.8, 4) is 5.75 Å². The molecule has 2 aromatic carbocycles. The molecule has 0 amide bonds. The number of aromatic amines is 1. The highest BCUT2D eigenvalue weighted by Crippen LogP contribution is 2.19. The minimum absolute atomic E-state index is 0.383. The predicted octanol–water partition coefficient (Wildman–Crippen LogP) is 3.54. The van der Waals surface area contributed by atoms with Crippen molar-refractivity contribution in [3.05, 3.63) is 58.8 Å². The Morgan fingerprint density at radius 2 is 1.95 bits per heavy atom. The molecule has 5 heteroatoms. The van der Waals surface area contributed by atoms with E-state index in [0.29, 0.717) is 11.3 Å². The van der Waals surface area contributed by atoms with Crippen LogP contribution in [0.2, 0.25) is 0 Å². The number of carbonyl (C=O) groups is 1. The number of rotatable bonds is 2. The molecule has 0 radical (unpaired) electrons. The number of esters is 1. The topological polar surface area (TPSA) is 55.0 Å². The summed E-state index contributed by atoms with van der Waals surface area (Å²) in [6, 6.07) is 12.3. The summed E-state index contributed by atoms with van der Waals surface area (Å²) in [5, 5.41) is 0. The summed E-state index contributed by atoms with van der Waals surface area (Å²) in [6.07, 6.45) is 1.60. The van der Waals surface area contributed by atoms with Crippen molar-refractivity contribution in [2.75, 3.05) is 0 Å². The number of ether oxygens (including phenoxy) is 1. The standard InChI is InChI=1S/C14H9BrN2O2/c15-10-3-1-9(2-4-10)14(18)19-11-5-6-12-13(7-11)17-8-16-12/h1-8H,(H,16,17). The second-order valence-electron chi connectivity index (χ2n) is 3.98. The van der Waals surface area contributed by atoms with Gasteiger partial charge in [-0.2, -0.15) is 0 Å². The zero-order valence-corrected chi connectivity index (χ0v) is 11.3. The van der Waals surface area contributed by atoms with Gasteiger partial charge in [0.15, 0.2) is 0 Å². The molecule has 0 fully saturated rings. The number of hydrogen-bond donors (Lipinski definition) is 1. The first-order valence-corrected chi connectivity index (χ1v) is 6.42. The fourth-order valence-corrected chi connectivity index (χ4v) is 1.99. The molecule has 0 aliphatic carbocycles. The van der Waals surface area contributed by atoms with Crippen LogP contribution in [0.3, 0.4) is 0 Å². The number of nitrogens with one attached hydrogen (secondary N) is 1. The lowest BCUT2D eigenvalue weighted by atomic mass is 10.2. The fraction of sp³-hybridized carbons (Fsp3) is 0. The molecule has 1 heterocycles. The summed E-state index contributed by atoms with van der Waals surface area (Å²) in [7, 11) is 0. The molecule has 0 bridgehead atoms. The summed E-state index contributed by atoms with van der Waals surface area (Å²) >= 11 is 3.32. The maximum Gasteiger partial charge on any atom is 0.343 e. The van der Waals surface area contributed by atoms with Crippen LogP contribution < -0.4 is 4.74 Å². The summed E-state index contributed by atoms with van der Waals surface area (Å²) in [5.74, 6) is 0.107. The molecule has 0 aliphatic rings. The Hall–Kier alpha value is -2.14. The lowest BCUT2D eigenvalue weighted by Crippen LogP contribution is -2.08. The molecule has 0 atom stereocenters. The Balaban J connectivity index is 1.83. The van der Waals surface area contributed by atoms with Crippen molar-refractivity contribution in [2.24, 2.45) is 0 Å². The Kier molecular flexibility index (Phi) is 3.05. The maximum absolute atomic E-state index is 11.9. The third-order valence-corrected chi connectivity index (χ3v) is 3.21. The van der Waals surface area contributed by atoms with E-state index in [9.17, 15) is 4.79 Å². The highest BCUT2D eigenvalue weighted by atomic mass is 79.9. The molecule has 0 saturated carbocycles. The molecule has 4 nitrogen and oxygen atoms in total. The molecule has 1 aromatic heterocycles. The van der Waals surface area contributed by atoms with E-state index in [1.165, 1.54) is 0 Å². The first-order chi connectivity index (χ1) is 9.22. The van der Waals surface area contributed by atoms with E-state index in [1.807, 2.05) is 0 Å². The van der Waals surface area contributed by atoms with E-state index in [-0.39, 0.29) is 5.97 Å². The number of imidazole rings is 1. The van der Waals surface area contributed by atoms with Crippen molar-refractivity contribution in [1.29, 1.82) is 0 Å². The van der Waals surface area contributed by atoms with Crippen LogP contribution in [0.5, 0.6) is 5.75 Å². The summed E-state index contributed by atoms with van der Waals surface area (Å²) in [5.41, 5.74) is 2.18. The Labute approximate surface area is 117 Å². The van der Waals surface area contributed by atoms with Crippen LogP contribution in [0.4, 0.5) is 0 Å². The Morgan fingerprint density at radius 1 is 1.16 bits per heavy atom. The molecule has 0 unspecified atom stereocenters. The van der Waals surface area contributed by atoms with E-state index in [2.05, 4.69) is 25.9 Å². The molecule has 94 valence electrons. The number of halogens is 1. The molecule has 0 aliphatic heterocycles. The molecule has 1 N–H and O–H groups in total. The van der Waals surface area contributed by atoms with Crippen molar-refractivity contribution in [1.82, 2.24) is 9.97 Å². The number of aromatic nitrogens is 2. The largest absolute Gasteiger partial charge is 0.423 e. The second-order valence-corrected chi connectivity index (χ2v) is 4.89. The molecule has 0 saturated heterocycles. The van der Waals surface area contributed by atoms with E-state index in [1.54, 1.807) is 48.8 Å². The van der Waals surface area contributed by atoms with Crippen LogP contribution >= 0.6 is 15.9 Å². The van der Waals surface area contributed by atoms with Gasteiger partial charge in [-0.25, -0.2) is 9.78 Å². The van der Waals surface area contributed by atoms with Crippen molar-refractivity contribution in [3.63, 3.8) is 0 Å².